The van der Waals surface area contributed by atoms with E-state index in [4.69, 9.17) is 9.97 Å². The maximum atomic E-state index is 5.00. The molecule has 0 bridgehead atoms. The molecule has 0 unspecified atom stereocenters. The molecule has 208 valence electrons. The molecule has 0 aliphatic rings. The van der Waals surface area contributed by atoms with Crippen molar-refractivity contribution in [1.82, 2.24) is 19.4 Å². The Balaban J connectivity index is 0.00000300. The van der Waals surface area contributed by atoms with Crippen molar-refractivity contribution in [1.29, 1.82) is 0 Å². The van der Waals surface area contributed by atoms with E-state index < -0.39 is 0 Å². The van der Waals surface area contributed by atoms with Crippen LogP contribution >= 0.6 is 0 Å². The molecule has 4 aromatic carbocycles. The minimum atomic E-state index is 0. The number of aromatic nitrogens is 4. The van der Waals surface area contributed by atoms with E-state index in [2.05, 4.69) is 113 Å². The normalized spacial score (nSPS) is 11.3. The van der Waals surface area contributed by atoms with Crippen molar-refractivity contribution in [3.05, 3.63) is 139 Å². The summed E-state index contributed by atoms with van der Waals surface area (Å²) in [5.41, 5.74) is 11.9. The van der Waals surface area contributed by atoms with Crippen molar-refractivity contribution >= 4 is 55.5 Å². The van der Waals surface area contributed by atoms with Crippen LogP contribution in [0.1, 0.15) is 11.1 Å². The van der Waals surface area contributed by atoms with Crippen LogP contribution in [0.3, 0.4) is 0 Å². The Hall–Kier alpha value is -4.86. The molecule has 0 aliphatic heterocycles. The Morgan fingerprint density at radius 3 is 2.26 bits per heavy atom. The number of fused-ring (bicyclic) bond motifs is 8. The molecule has 0 atom stereocenters. The van der Waals surface area contributed by atoms with Gasteiger partial charge in [-0.25, -0.2) is 4.98 Å². The van der Waals surface area contributed by atoms with Crippen LogP contribution in [0.25, 0.3) is 49.7 Å². The Kier molecular flexibility index (Phi) is 6.76. The van der Waals surface area contributed by atoms with Gasteiger partial charge >= 0.3 is 21.1 Å². The molecule has 4 aromatic heterocycles. The zero-order chi connectivity index (χ0) is 28.2. The summed E-state index contributed by atoms with van der Waals surface area (Å²) in [6.45, 7) is 4.30. The quantitative estimate of drug-likeness (QED) is 0.134. The summed E-state index contributed by atoms with van der Waals surface area (Å²) in [6.07, 6.45) is 3.66. The first-order valence-electron chi connectivity index (χ1n) is 14.0. The van der Waals surface area contributed by atoms with Gasteiger partial charge in [-0.1, -0.05) is 53.9 Å². The Morgan fingerprint density at radius 1 is 0.651 bits per heavy atom. The van der Waals surface area contributed by atoms with Gasteiger partial charge in [-0.2, -0.15) is 0 Å². The fourth-order valence-corrected chi connectivity index (χ4v) is 6.00. The summed E-state index contributed by atoms with van der Waals surface area (Å²) in [4.78, 5) is 16.7. The fraction of sp³-hybridized carbons (Fsp3) is 0.0541. The van der Waals surface area contributed by atoms with Crippen LogP contribution < -0.4 is 4.90 Å². The van der Waals surface area contributed by atoms with E-state index in [1.54, 1.807) is 0 Å². The number of imidazole rings is 1. The van der Waals surface area contributed by atoms with Crippen LogP contribution in [0.5, 0.6) is 0 Å². The van der Waals surface area contributed by atoms with Crippen molar-refractivity contribution in [2.75, 3.05) is 4.90 Å². The Bertz CT molecular complexity index is 2270. The van der Waals surface area contributed by atoms with E-state index in [0.29, 0.717) is 0 Å². The molecule has 0 aliphatic carbocycles. The molecule has 0 N–H and O–H groups in total. The van der Waals surface area contributed by atoms with Crippen LogP contribution in [-0.4, -0.2) is 19.4 Å². The van der Waals surface area contributed by atoms with E-state index >= 15 is 0 Å². The third-order valence-electron chi connectivity index (χ3n) is 7.86. The number of rotatable bonds is 4. The first kappa shape index (κ1) is 27.0. The van der Waals surface area contributed by atoms with Crippen LogP contribution in [0.15, 0.2) is 116 Å². The summed E-state index contributed by atoms with van der Waals surface area (Å²) in [7, 11) is 0. The van der Waals surface area contributed by atoms with Gasteiger partial charge in [0.05, 0.1) is 11.0 Å². The summed E-state index contributed by atoms with van der Waals surface area (Å²) >= 11 is 0. The molecule has 6 heteroatoms. The molecule has 5 nitrogen and oxygen atoms in total. The minimum absolute atomic E-state index is 0. The molecule has 8 aromatic rings. The smallest absolute Gasteiger partial charge is 0.346 e. The number of nitrogens with zero attached hydrogens (tertiary/aromatic N) is 5. The number of aryl methyl sites for hydroxylation is 2. The van der Waals surface area contributed by atoms with E-state index in [1.807, 2.05) is 42.7 Å². The zero-order valence-corrected chi connectivity index (χ0v) is 25.8. The second-order valence-electron chi connectivity index (χ2n) is 10.5. The molecule has 0 radical (unpaired) electrons. The van der Waals surface area contributed by atoms with Crippen LogP contribution in [0, 0.1) is 26.0 Å². The molecule has 0 saturated heterocycles. The SMILES string of the molecule is Cc1cccc(C)c1N(c1[c-]c(-c2ccccn2)ccc1)c1[c-]c2c3ncccc3c3nc4ccccc4n3c2cc1.[Pt+2]. The monoisotopic (exact) mass is 734 g/mol. The van der Waals surface area contributed by atoms with Gasteiger partial charge in [0.15, 0.2) is 0 Å². The van der Waals surface area contributed by atoms with Crippen molar-refractivity contribution in [2.45, 2.75) is 13.8 Å². The molecule has 0 spiro atoms. The molecule has 0 saturated carbocycles. The summed E-state index contributed by atoms with van der Waals surface area (Å²) in [5, 5.41) is 1.94. The van der Waals surface area contributed by atoms with Gasteiger partial charge in [0.1, 0.15) is 5.65 Å². The number of hydrogen-bond donors (Lipinski definition) is 0. The predicted octanol–water partition coefficient (Wildman–Crippen LogP) is 8.94. The summed E-state index contributed by atoms with van der Waals surface area (Å²) < 4.78 is 2.23. The van der Waals surface area contributed by atoms with Crippen LogP contribution in [0.2, 0.25) is 0 Å². The third-order valence-corrected chi connectivity index (χ3v) is 7.86. The van der Waals surface area contributed by atoms with Gasteiger partial charge in [0, 0.05) is 29.0 Å². The first-order chi connectivity index (χ1) is 20.7. The second kappa shape index (κ2) is 10.8. The zero-order valence-electron chi connectivity index (χ0n) is 23.5. The van der Waals surface area contributed by atoms with E-state index in [0.717, 1.165) is 66.8 Å². The molecule has 43 heavy (non-hydrogen) atoms. The summed E-state index contributed by atoms with van der Waals surface area (Å²) in [6, 6.07) is 42.7. The average molecular weight is 735 g/mol. The van der Waals surface area contributed by atoms with Gasteiger partial charge in [-0.15, -0.1) is 48.0 Å². The number of hydrogen-bond acceptors (Lipinski definition) is 4. The van der Waals surface area contributed by atoms with Crippen LogP contribution in [-0.2, 0) is 21.1 Å². The van der Waals surface area contributed by atoms with Gasteiger partial charge in [-0.3, -0.25) is 0 Å². The van der Waals surface area contributed by atoms with Crippen molar-refractivity contribution in [3.8, 4) is 11.3 Å². The maximum absolute atomic E-state index is 5.00. The van der Waals surface area contributed by atoms with E-state index in [9.17, 15) is 0 Å². The second-order valence-corrected chi connectivity index (χ2v) is 10.5. The predicted molar refractivity (Wildman–Crippen MR) is 171 cm³/mol. The molecular formula is C37H25N5Pt. The van der Waals surface area contributed by atoms with Crippen molar-refractivity contribution in [3.63, 3.8) is 0 Å². The Morgan fingerprint density at radius 2 is 1.42 bits per heavy atom. The summed E-state index contributed by atoms with van der Waals surface area (Å²) in [5.74, 6) is 0. The average Bonchev–Trinajstić information content (AvgIpc) is 3.43. The van der Waals surface area contributed by atoms with Crippen molar-refractivity contribution < 1.29 is 21.1 Å². The molecule has 4 heterocycles. The van der Waals surface area contributed by atoms with Gasteiger partial charge in [0.25, 0.3) is 0 Å². The number of para-hydroxylation sites is 3. The van der Waals surface area contributed by atoms with Gasteiger partial charge < -0.3 is 19.3 Å². The van der Waals surface area contributed by atoms with Gasteiger partial charge in [0.2, 0.25) is 0 Å². The van der Waals surface area contributed by atoms with E-state index in [-0.39, 0.29) is 21.1 Å². The van der Waals surface area contributed by atoms with E-state index in [1.165, 1.54) is 11.1 Å². The number of pyridine rings is 3. The third kappa shape index (κ3) is 4.40. The minimum Gasteiger partial charge on any atom is -0.346 e. The molecule has 8 rings (SSSR count). The largest absolute Gasteiger partial charge is 2.00 e. The van der Waals surface area contributed by atoms with Crippen LogP contribution in [0.4, 0.5) is 17.1 Å². The topological polar surface area (TPSA) is 46.3 Å². The van der Waals surface area contributed by atoms with Crippen molar-refractivity contribution in [2.24, 2.45) is 0 Å². The maximum Gasteiger partial charge on any atom is 2.00 e. The Labute approximate surface area is 263 Å². The molecule has 0 fully saturated rings. The molecular weight excluding hydrogens is 710 g/mol. The number of benzene rings is 4. The standard InChI is InChI=1S/C37H25N5.Pt/c1-24-10-7-11-25(2)36(24)41(27-13-8-12-26(22-27)31-15-5-6-20-38-31)28-18-19-33-30(23-28)35-29(14-9-21-39-35)37-40-32-16-3-4-17-34(32)42(33)37;/h3-21H,1-2H3;/q-2;+2. The molecule has 0 amide bonds. The fourth-order valence-electron chi connectivity index (χ4n) is 6.00. The number of anilines is 3. The first-order valence-corrected chi connectivity index (χ1v) is 14.0. The van der Waals surface area contributed by atoms with Gasteiger partial charge in [-0.05, 0) is 71.8 Å².